The molecule has 2 aromatic carbocycles. The second-order valence-corrected chi connectivity index (χ2v) is 13.3. The average molecular weight is 617 g/mol. The lowest BCUT2D eigenvalue weighted by atomic mass is 9.54. The van der Waals surface area contributed by atoms with Crippen LogP contribution in [0.1, 0.15) is 66.9 Å². The molecular formula is C35H44N4O4S. The molecule has 6 rings (SSSR count). The predicted molar refractivity (Wildman–Crippen MR) is 174 cm³/mol. The molecule has 2 bridgehead atoms. The number of benzene rings is 2. The van der Waals surface area contributed by atoms with Gasteiger partial charge in [0, 0.05) is 24.9 Å². The topological polar surface area (TPSA) is 123 Å². The maximum Gasteiger partial charge on any atom is 0.251 e. The van der Waals surface area contributed by atoms with Crippen LogP contribution in [-0.2, 0) is 22.4 Å². The summed E-state index contributed by atoms with van der Waals surface area (Å²) in [4.78, 5) is 40.8. The van der Waals surface area contributed by atoms with Crippen LogP contribution in [0.15, 0.2) is 71.4 Å². The van der Waals surface area contributed by atoms with Gasteiger partial charge in [-0.3, -0.25) is 14.4 Å². The summed E-state index contributed by atoms with van der Waals surface area (Å²) in [6.07, 6.45) is 7.18. The number of hydrogen-bond donors (Lipinski definition) is 4. The Morgan fingerprint density at radius 2 is 1.45 bits per heavy atom. The number of fused-ring (bicyclic) bond motifs is 3. The SMILES string of the molecule is CCOc1ccc(CC(NC(=O)c2ccccc2)C(=O)NC(Cc2ccsc2)C(=O)NCC23CCC(CN)(CC2)CC3)cc1. The van der Waals surface area contributed by atoms with Gasteiger partial charge in [-0.2, -0.15) is 11.3 Å². The first kappa shape index (κ1) is 31.7. The molecule has 0 radical (unpaired) electrons. The molecule has 3 aliphatic carbocycles. The minimum atomic E-state index is -0.891. The summed E-state index contributed by atoms with van der Waals surface area (Å²) in [5.74, 6) is -0.214. The maximum atomic E-state index is 13.9. The lowest BCUT2D eigenvalue weighted by Crippen LogP contribution is -2.56. The van der Waals surface area contributed by atoms with Gasteiger partial charge in [-0.25, -0.2) is 0 Å². The fourth-order valence-corrected chi connectivity index (χ4v) is 7.28. The van der Waals surface area contributed by atoms with Crippen molar-refractivity contribution in [3.05, 3.63) is 88.1 Å². The zero-order valence-corrected chi connectivity index (χ0v) is 26.3. The molecule has 1 heterocycles. The van der Waals surface area contributed by atoms with Gasteiger partial charge in [0.1, 0.15) is 17.8 Å². The predicted octanol–water partition coefficient (Wildman–Crippen LogP) is 4.63. The van der Waals surface area contributed by atoms with E-state index >= 15 is 0 Å². The highest BCUT2D eigenvalue weighted by Crippen LogP contribution is 2.56. The summed E-state index contributed by atoms with van der Waals surface area (Å²) < 4.78 is 5.56. The largest absolute Gasteiger partial charge is 0.494 e. The molecule has 3 aliphatic rings. The van der Waals surface area contributed by atoms with Gasteiger partial charge in [-0.1, -0.05) is 30.3 Å². The number of hydrogen-bond acceptors (Lipinski definition) is 6. The molecule has 0 aliphatic heterocycles. The van der Waals surface area contributed by atoms with Crippen molar-refractivity contribution in [2.75, 3.05) is 19.7 Å². The van der Waals surface area contributed by atoms with Gasteiger partial charge in [-0.05, 0) is 115 Å². The Bertz CT molecular complexity index is 1370. The molecule has 0 saturated heterocycles. The van der Waals surface area contributed by atoms with Gasteiger partial charge in [0.2, 0.25) is 11.8 Å². The van der Waals surface area contributed by atoms with Crippen LogP contribution in [0.4, 0.5) is 0 Å². The first-order valence-corrected chi connectivity index (χ1v) is 16.6. The summed E-state index contributed by atoms with van der Waals surface area (Å²) in [7, 11) is 0. The zero-order valence-electron chi connectivity index (χ0n) is 25.5. The molecule has 3 saturated carbocycles. The van der Waals surface area contributed by atoms with Crippen molar-refractivity contribution in [3.63, 3.8) is 0 Å². The molecule has 1 aromatic heterocycles. The van der Waals surface area contributed by atoms with E-state index in [1.54, 1.807) is 35.6 Å². The van der Waals surface area contributed by atoms with E-state index in [1.807, 2.05) is 54.1 Å². The third-order valence-electron chi connectivity index (χ3n) is 9.61. The quantitative estimate of drug-likeness (QED) is 0.210. The smallest absolute Gasteiger partial charge is 0.251 e. The van der Waals surface area contributed by atoms with Crippen molar-refractivity contribution in [2.24, 2.45) is 16.6 Å². The average Bonchev–Trinajstić information content (AvgIpc) is 3.58. The zero-order chi connectivity index (χ0) is 31.0. The standard InChI is InChI=1S/C35H44N4O4S/c1-2-43-28-10-8-25(9-11-28)20-30(38-31(40)27-6-4-3-5-7-27)33(42)39-29(21-26-12-19-44-22-26)32(41)37-24-35-16-13-34(23-36,14-17-35)15-18-35/h3-12,19,22,29-30H,2,13-18,20-21,23-24,36H2,1H3,(H,37,41)(H,38,40)(H,39,42). The van der Waals surface area contributed by atoms with Gasteiger partial charge in [0.05, 0.1) is 6.61 Å². The van der Waals surface area contributed by atoms with Crippen LogP contribution < -0.4 is 26.4 Å². The normalized spacial score (nSPS) is 22.0. The van der Waals surface area contributed by atoms with Crippen molar-refractivity contribution >= 4 is 29.1 Å². The molecule has 2 unspecified atom stereocenters. The molecule has 9 heteroatoms. The van der Waals surface area contributed by atoms with E-state index in [2.05, 4.69) is 16.0 Å². The van der Waals surface area contributed by atoms with Crippen molar-refractivity contribution in [1.82, 2.24) is 16.0 Å². The maximum absolute atomic E-state index is 13.9. The molecular weight excluding hydrogens is 572 g/mol. The minimum Gasteiger partial charge on any atom is -0.494 e. The van der Waals surface area contributed by atoms with E-state index < -0.39 is 18.0 Å². The molecule has 0 spiro atoms. The third-order valence-corrected chi connectivity index (χ3v) is 10.3. The van der Waals surface area contributed by atoms with Crippen LogP contribution in [-0.4, -0.2) is 49.5 Å². The van der Waals surface area contributed by atoms with Crippen molar-refractivity contribution in [1.29, 1.82) is 0 Å². The first-order valence-electron chi connectivity index (χ1n) is 15.7. The van der Waals surface area contributed by atoms with Gasteiger partial charge in [0.25, 0.3) is 5.91 Å². The Morgan fingerprint density at radius 1 is 0.818 bits per heavy atom. The summed E-state index contributed by atoms with van der Waals surface area (Å²) in [5, 5.41) is 13.1. The number of carbonyl (C=O) groups excluding carboxylic acids is 3. The molecule has 3 aromatic rings. The molecule has 2 atom stereocenters. The molecule has 8 nitrogen and oxygen atoms in total. The molecule has 234 valence electrons. The fraction of sp³-hybridized carbons (Fsp3) is 0.457. The number of ether oxygens (including phenoxy) is 1. The lowest BCUT2D eigenvalue weighted by Gasteiger charge is -2.53. The number of rotatable bonds is 14. The Balaban J connectivity index is 1.30. The third kappa shape index (κ3) is 7.87. The number of thiophene rings is 1. The molecule has 3 fully saturated rings. The number of amides is 3. The van der Waals surface area contributed by atoms with E-state index in [0.717, 1.165) is 61.9 Å². The highest BCUT2D eigenvalue weighted by atomic mass is 32.1. The van der Waals surface area contributed by atoms with Crippen molar-refractivity contribution < 1.29 is 19.1 Å². The van der Waals surface area contributed by atoms with Gasteiger partial charge in [0.15, 0.2) is 0 Å². The first-order chi connectivity index (χ1) is 21.3. The minimum absolute atomic E-state index is 0.101. The monoisotopic (exact) mass is 616 g/mol. The summed E-state index contributed by atoms with van der Waals surface area (Å²) in [6.45, 7) is 3.82. The summed E-state index contributed by atoms with van der Waals surface area (Å²) >= 11 is 1.56. The van der Waals surface area contributed by atoms with E-state index in [0.29, 0.717) is 25.1 Å². The van der Waals surface area contributed by atoms with Crippen LogP contribution in [0.25, 0.3) is 0 Å². The summed E-state index contributed by atoms with van der Waals surface area (Å²) in [6, 6.07) is 16.6. The van der Waals surface area contributed by atoms with E-state index in [9.17, 15) is 14.4 Å². The lowest BCUT2D eigenvalue weighted by molar-refractivity contribution is -0.130. The van der Waals surface area contributed by atoms with Crippen molar-refractivity contribution in [3.8, 4) is 5.75 Å². The highest BCUT2D eigenvalue weighted by Gasteiger charge is 2.48. The second-order valence-electron chi connectivity index (χ2n) is 12.5. The number of nitrogens with two attached hydrogens (primary N) is 1. The summed E-state index contributed by atoms with van der Waals surface area (Å²) in [5.41, 5.74) is 8.79. The molecule has 3 amide bonds. The second kappa shape index (κ2) is 14.4. The number of nitrogens with one attached hydrogen (secondary N) is 3. The van der Waals surface area contributed by atoms with E-state index in [-0.39, 0.29) is 29.1 Å². The number of carbonyl (C=O) groups is 3. The Kier molecular flexibility index (Phi) is 10.4. The van der Waals surface area contributed by atoms with Gasteiger partial charge >= 0.3 is 0 Å². The molecule has 44 heavy (non-hydrogen) atoms. The van der Waals surface area contributed by atoms with Gasteiger partial charge < -0.3 is 26.4 Å². The fourth-order valence-electron chi connectivity index (χ4n) is 6.60. The van der Waals surface area contributed by atoms with Crippen LogP contribution >= 0.6 is 11.3 Å². The highest BCUT2D eigenvalue weighted by molar-refractivity contribution is 7.07. The Morgan fingerprint density at radius 3 is 2.07 bits per heavy atom. The van der Waals surface area contributed by atoms with Crippen LogP contribution in [0.2, 0.25) is 0 Å². The van der Waals surface area contributed by atoms with Gasteiger partial charge in [-0.15, -0.1) is 0 Å². The van der Waals surface area contributed by atoms with E-state index in [1.165, 1.54) is 0 Å². The van der Waals surface area contributed by atoms with Crippen LogP contribution in [0, 0.1) is 10.8 Å². The van der Waals surface area contributed by atoms with Crippen molar-refractivity contribution in [2.45, 2.75) is 70.4 Å². The van der Waals surface area contributed by atoms with Crippen LogP contribution in [0.5, 0.6) is 5.75 Å². The Labute approximate surface area is 264 Å². The van der Waals surface area contributed by atoms with E-state index in [4.69, 9.17) is 10.5 Å². The molecule has 5 N–H and O–H groups in total. The Hall–Kier alpha value is -3.69. The van der Waals surface area contributed by atoms with Crippen LogP contribution in [0.3, 0.4) is 0 Å².